The van der Waals surface area contributed by atoms with Crippen LogP contribution in [0.25, 0.3) is 0 Å². The molecule has 0 fully saturated rings. The lowest BCUT2D eigenvalue weighted by Gasteiger charge is -2.23. The molecule has 2 amide bonds. The summed E-state index contributed by atoms with van der Waals surface area (Å²) < 4.78 is 10.4. The number of nitrogens with one attached hydrogen (secondary N) is 3. The predicted molar refractivity (Wildman–Crippen MR) is 130 cm³/mol. The molecule has 0 spiro atoms. The average Bonchev–Trinajstić information content (AvgIpc) is 2.74. The highest BCUT2D eigenvalue weighted by Crippen LogP contribution is 2.18. The van der Waals surface area contributed by atoms with Gasteiger partial charge in [-0.25, -0.2) is 9.59 Å². The van der Waals surface area contributed by atoms with E-state index in [0.29, 0.717) is 16.8 Å². The number of alkyl carbamates (subject to hydrolysis) is 1. The highest BCUT2D eigenvalue weighted by molar-refractivity contribution is 7.80. The van der Waals surface area contributed by atoms with Crippen LogP contribution in [0.2, 0.25) is 0 Å². The fourth-order valence-electron chi connectivity index (χ4n) is 2.84. The molecule has 3 N–H and O–H groups in total. The number of ether oxygens (including phenoxy) is 2. The highest BCUT2D eigenvalue weighted by atomic mass is 32.1. The molecule has 0 aliphatic carbocycles. The van der Waals surface area contributed by atoms with Gasteiger partial charge < -0.3 is 20.1 Å². The second kappa shape index (κ2) is 12.0. The number of carbonyl (C=O) groups excluding carboxylic acids is 3. The zero-order valence-electron chi connectivity index (χ0n) is 19.1. The lowest BCUT2D eigenvalue weighted by molar-refractivity contribution is -0.145. The SMILES string of the molecule is CCOC(=O)[C@H](Cc1ccccc1NC(=S)NC(=O)c1ccccc1)NC(=O)OC(C)(C)C. The summed E-state index contributed by atoms with van der Waals surface area (Å²) in [6.07, 6.45) is -0.604. The molecule has 0 aliphatic rings. The molecule has 0 saturated carbocycles. The molecule has 0 saturated heterocycles. The zero-order valence-corrected chi connectivity index (χ0v) is 20.0. The van der Waals surface area contributed by atoms with E-state index in [1.54, 1.807) is 76.2 Å². The Hall–Kier alpha value is -3.46. The third-order valence-corrected chi connectivity index (χ3v) is 4.42. The Kier molecular flexibility index (Phi) is 9.35. The minimum Gasteiger partial charge on any atom is -0.464 e. The number of benzene rings is 2. The van der Waals surface area contributed by atoms with Gasteiger partial charge in [0.1, 0.15) is 11.6 Å². The first-order valence-corrected chi connectivity index (χ1v) is 10.9. The van der Waals surface area contributed by atoms with Crippen molar-refractivity contribution in [1.82, 2.24) is 10.6 Å². The van der Waals surface area contributed by atoms with Crippen molar-refractivity contribution in [2.75, 3.05) is 11.9 Å². The second-order valence-corrected chi connectivity index (χ2v) is 8.49. The molecule has 9 heteroatoms. The summed E-state index contributed by atoms with van der Waals surface area (Å²) in [5.41, 5.74) is 1.02. The molecule has 2 aromatic carbocycles. The van der Waals surface area contributed by atoms with Gasteiger partial charge in [-0.15, -0.1) is 0 Å². The first-order valence-electron chi connectivity index (χ1n) is 10.5. The van der Waals surface area contributed by atoms with Gasteiger partial charge in [0, 0.05) is 17.7 Å². The van der Waals surface area contributed by atoms with Crippen LogP contribution in [0.4, 0.5) is 10.5 Å². The monoisotopic (exact) mass is 471 g/mol. The number of amides is 2. The van der Waals surface area contributed by atoms with Crippen molar-refractivity contribution in [1.29, 1.82) is 0 Å². The molecule has 0 aromatic heterocycles. The van der Waals surface area contributed by atoms with Crippen LogP contribution < -0.4 is 16.0 Å². The number of rotatable bonds is 7. The minimum absolute atomic E-state index is 0.101. The van der Waals surface area contributed by atoms with E-state index < -0.39 is 23.7 Å². The van der Waals surface area contributed by atoms with Crippen LogP contribution in [-0.2, 0) is 20.7 Å². The van der Waals surface area contributed by atoms with Crippen LogP contribution in [0.5, 0.6) is 0 Å². The van der Waals surface area contributed by atoms with E-state index in [-0.39, 0.29) is 24.0 Å². The summed E-state index contributed by atoms with van der Waals surface area (Å²) in [5, 5.41) is 8.28. The van der Waals surface area contributed by atoms with Crippen LogP contribution in [-0.4, -0.2) is 41.3 Å². The number of hydrogen-bond acceptors (Lipinski definition) is 6. The van der Waals surface area contributed by atoms with Crippen molar-refractivity contribution >= 4 is 41.0 Å². The van der Waals surface area contributed by atoms with Gasteiger partial charge in [-0.1, -0.05) is 36.4 Å². The van der Waals surface area contributed by atoms with E-state index >= 15 is 0 Å². The number of carbonyl (C=O) groups is 3. The molecule has 33 heavy (non-hydrogen) atoms. The van der Waals surface area contributed by atoms with Crippen LogP contribution in [0, 0.1) is 0 Å². The molecule has 8 nitrogen and oxygen atoms in total. The van der Waals surface area contributed by atoms with Gasteiger partial charge in [-0.05, 0) is 63.7 Å². The summed E-state index contributed by atoms with van der Waals surface area (Å²) in [7, 11) is 0. The van der Waals surface area contributed by atoms with Crippen molar-refractivity contribution in [3.8, 4) is 0 Å². The van der Waals surface area contributed by atoms with E-state index in [2.05, 4.69) is 16.0 Å². The maximum atomic E-state index is 12.5. The second-order valence-electron chi connectivity index (χ2n) is 8.09. The van der Waals surface area contributed by atoms with Crippen molar-refractivity contribution in [2.45, 2.75) is 45.8 Å². The Bertz CT molecular complexity index is 989. The molecular weight excluding hydrogens is 442 g/mol. The lowest BCUT2D eigenvalue weighted by atomic mass is 10.0. The van der Waals surface area contributed by atoms with E-state index in [4.69, 9.17) is 21.7 Å². The summed E-state index contributed by atoms with van der Waals surface area (Å²) in [6.45, 7) is 7.05. The van der Waals surface area contributed by atoms with Crippen LogP contribution in [0.1, 0.15) is 43.6 Å². The fraction of sp³-hybridized carbons (Fsp3) is 0.333. The van der Waals surface area contributed by atoms with Crippen molar-refractivity contribution < 1.29 is 23.9 Å². The Morgan fingerprint density at radius 1 is 1.00 bits per heavy atom. The maximum Gasteiger partial charge on any atom is 0.408 e. The number of thiocarbonyl (C=S) groups is 1. The van der Waals surface area contributed by atoms with Gasteiger partial charge in [0.05, 0.1) is 6.61 Å². The van der Waals surface area contributed by atoms with E-state index in [1.807, 2.05) is 6.07 Å². The number of hydrogen-bond donors (Lipinski definition) is 3. The molecule has 0 aliphatic heterocycles. The molecule has 0 bridgehead atoms. The summed E-state index contributed by atoms with van der Waals surface area (Å²) in [5.74, 6) is -0.931. The third-order valence-electron chi connectivity index (χ3n) is 4.21. The largest absolute Gasteiger partial charge is 0.464 e. The molecule has 1 atom stereocenters. The summed E-state index contributed by atoms with van der Waals surface area (Å²) in [6, 6.07) is 14.8. The summed E-state index contributed by atoms with van der Waals surface area (Å²) in [4.78, 5) is 37.1. The fourth-order valence-corrected chi connectivity index (χ4v) is 3.05. The molecular formula is C24H29N3O5S. The van der Waals surface area contributed by atoms with Gasteiger partial charge in [0.25, 0.3) is 5.91 Å². The quantitative estimate of drug-likeness (QED) is 0.416. The molecule has 2 aromatic rings. The normalized spacial score (nSPS) is 11.6. The maximum absolute atomic E-state index is 12.5. The van der Waals surface area contributed by atoms with Crippen molar-refractivity contribution in [2.24, 2.45) is 0 Å². The molecule has 0 heterocycles. The van der Waals surface area contributed by atoms with Crippen molar-refractivity contribution in [3.63, 3.8) is 0 Å². The standard InChI is InChI=1S/C24H29N3O5S/c1-5-31-21(29)19(26-23(30)32-24(2,3)4)15-17-13-9-10-14-18(17)25-22(33)27-20(28)16-11-7-6-8-12-16/h6-14,19H,5,15H2,1-4H3,(H,26,30)(H2,25,27,28,33)/t19-/m0/s1. The van der Waals surface area contributed by atoms with Crippen LogP contribution in [0.15, 0.2) is 54.6 Å². The molecule has 176 valence electrons. The first-order chi connectivity index (χ1) is 15.6. The molecule has 2 rings (SSSR count). The Morgan fingerprint density at radius 3 is 2.27 bits per heavy atom. The van der Waals surface area contributed by atoms with Gasteiger partial charge in [0.15, 0.2) is 5.11 Å². The van der Waals surface area contributed by atoms with Gasteiger partial charge in [-0.2, -0.15) is 0 Å². The lowest BCUT2D eigenvalue weighted by Crippen LogP contribution is -2.45. The highest BCUT2D eigenvalue weighted by Gasteiger charge is 2.26. The van der Waals surface area contributed by atoms with E-state index in [1.165, 1.54) is 0 Å². The Labute approximate surface area is 199 Å². The first kappa shape index (κ1) is 25.8. The average molecular weight is 472 g/mol. The zero-order chi connectivity index (χ0) is 24.4. The third kappa shape index (κ3) is 8.89. The minimum atomic E-state index is -0.977. The summed E-state index contributed by atoms with van der Waals surface area (Å²) >= 11 is 5.28. The predicted octanol–water partition coefficient (Wildman–Crippen LogP) is 3.81. The number of anilines is 1. The van der Waals surface area contributed by atoms with Crippen molar-refractivity contribution in [3.05, 3.63) is 65.7 Å². The topological polar surface area (TPSA) is 106 Å². The van der Waals surface area contributed by atoms with Crippen LogP contribution >= 0.6 is 12.2 Å². The smallest absolute Gasteiger partial charge is 0.408 e. The number of esters is 1. The molecule has 0 radical (unpaired) electrons. The van der Waals surface area contributed by atoms with Crippen LogP contribution in [0.3, 0.4) is 0 Å². The number of para-hydroxylation sites is 1. The van der Waals surface area contributed by atoms with Gasteiger partial charge in [0.2, 0.25) is 0 Å². The van der Waals surface area contributed by atoms with Gasteiger partial charge in [-0.3, -0.25) is 10.1 Å². The molecule has 0 unspecified atom stereocenters. The Morgan fingerprint density at radius 2 is 1.64 bits per heavy atom. The van der Waals surface area contributed by atoms with E-state index in [0.717, 1.165) is 0 Å². The Balaban J connectivity index is 2.13. The van der Waals surface area contributed by atoms with Gasteiger partial charge >= 0.3 is 12.1 Å². The van der Waals surface area contributed by atoms with E-state index in [9.17, 15) is 14.4 Å².